The second-order valence-electron chi connectivity index (χ2n) is 6.11. The average Bonchev–Trinajstić information content (AvgIpc) is 2.63. The molecule has 1 saturated heterocycles. The zero-order chi connectivity index (χ0) is 16.9. The predicted octanol–water partition coefficient (Wildman–Crippen LogP) is 2.65. The number of hydrogen-bond donors (Lipinski definition) is 1. The Morgan fingerprint density at radius 2 is 2.12 bits per heavy atom. The number of hydrogen-bond acceptors (Lipinski definition) is 4. The maximum atomic E-state index is 12.7. The fraction of sp³-hybridized carbons (Fsp3) is 0.368. The molecule has 0 unspecified atom stereocenters. The summed E-state index contributed by atoms with van der Waals surface area (Å²) in [5.74, 6) is 0.336. The van der Waals surface area contributed by atoms with Crippen molar-refractivity contribution in [1.29, 1.82) is 0 Å². The van der Waals surface area contributed by atoms with Crippen LogP contribution in [0.4, 0.5) is 0 Å². The van der Waals surface area contributed by atoms with E-state index >= 15 is 0 Å². The van der Waals surface area contributed by atoms with E-state index in [9.17, 15) is 9.90 Å². The molecule has 0 bridgehead atoms. The summed E-state index contributed by atoms with van der Waals surface area (Å²) in [6.07, 6.45) is 2.68. The van der Waals surface area contributed by atoms with E-state index in [1.165, 1.54) is 0 Å². The van der Waals surface area contributed by atoms with Crippen molar-refractivity contribution in [2.24, 2.45) is 0 Å². The molecule has 1 aromatic carbocycles. The van der Waals surface area contributed by atoms with Crippen molar-refractivity contribution in [2.75, 3.05) is 6.54 Å². The highest BCUT2D eigenvalue weighted by Crippen LogP contribution is 2.21. The van der Waals surface area contributed by atoms with Crippen LogP contribution in [0, 0.1) is 0 Å². The number of pyridine rings is 1. The van der Waals surface area contributed by atoms with Gasteiger partial charge in [-0.3, -0.25) is 4.79 Å². The number of carbonyl (C=O) groups is 1. The van der Waals surface area contributed by atoms with E-state index in [1.807, 2.05) is 37.3 Å². The molecular weight excluding hydrogens is 304 g/mol. The third kappa shape index (κ3) is 3.74. The lowest BCUT2D eigenvalue weighted by atomic mass is 9.99. The van der Waals surface area contributed by atoms with Crippen molar-refractivity contribution in [2.45, 2.75) is 38.5 Å². The van der Waals surface area contributed by atoms with Crippen LogP contribution in [-0.4, -0.2) is 39.6 Å². The van der Waals surface area contributed by atoms with Gasteiger partial charge in [-0.1, -0.05) is 30.3 Å². The number of ether oxygens (including phenoxy) is 1. The number of aliphatic hydroxyl groups is 1. The first-order chi connectivity index (χ1) is 11.6. The Hall–Kier alpha value is -2.40. The van der Waals surface area contributed by atoms with Crippen LogP contribution < -0.4 is 4.74 Å². The Morgan fingerprint density at radius 1 is 1.33 bits per heavy atom. The lowest BCUT2D eigenvalue weighted by molar-refractivity contribution is 0.0180. The maximum absolute atomic E-state index is 12.7. The molecule has 1 fully saturated rings. The van der Waals surface area contributed by atoms with Gasteiger partial charge < -0.3 is 14.7 Å². The largest absolute Gasteiger partial charge is 0.473 e. The Labute approximate surface area is 141 Å². The maximum Gasteiger partial charge on any atom is 0.254 e. The molecule has 1 N–H and O–H groups in total. The molecule has 3 rings (SSSR count). The first-order valence-corrected chi connectivity index (χ1v) is 8.27. The highest BCUT2D eigenvalue weighted by molar-refractivity contribution is 5.94. The van der Waals surface area contributed by atoms with Crippen molar-refractivity contribution in [3.63, 3.8) is 0 Å². The second kappa shape index (κ2) is 7.45. The Balaban J connectivity index is 1.69. The number of nitrogens with zero attached hydrogens (tertiary/aromatic N) is 2. The van der Waals surface area contributed by atoms with Crippen LogP contribution >= 0.6 is 0 Å². The van der Waals surface area contributed by atoms with E-state index in [0.717, 1.165) is 18.4 Å². The standard InChI is InChI=1S/C19H22N2O3/c1-14-17(22)8-5-11-21(14)19(23)16-9-10-20-18(12-16)24-13-15-6-3-2-4-7-15/h2-4,6-7,9-10,12,14,17,22H,5,8,11,13H2,1H3/t14-,17-/m1/s1. The van der Waals surface area contributed by atoms with Gasteiger partial charge in [-0.15, -0.1) is 0 Å². The summed E-state index contributed by atoms with van der Waals surface area (Å²) in [6.45, 7) is 2.96. The van der Waals surface area contributed by atoms with Crippen molar-refractivity contribution in [3.8, 4) is 5.88 Å². The molecule has 2 atom stereocenters. The number of rotatable bonds is 4. The topological polar surface area (TPSA) is 62.7 Å². The van der Waals surface area contributed by atoms with Crippen LogP contribution in [0.3, 0.4) is 0 Å². The number of piperidine rings is 1. The number of aromatic nitrogens is 1. The van der Waals surface area contributed by atoms with E-state index in [2.05, 4.69) is 4.98 Å². The van der Waals surface area contributed by atoms with Crippen molar-refractivity contribution in [1.82, 2.24) is 9.88 Å². The number of carbonyl (C=O) groups excluding carboxylic acids is 1. The Morgan fingerprint density at radius 3 is 2.92 bits per heavy atom. The van der Waals surface area contributed by atoms with E-state index in [1.54, 1.807) is 23.2 Å². The SMILES string of the molecule is C[C@@H]1[C@H](O)CCCN1C(=O)c1ccnc(OCc2ccccc2)c1. The minimum absolute atomic E-state index is 0.0896. The molecule has 126 valence electrons. The predicted molar refractivity (Wildman–Crippen MR) is 90.8 cm³/mol. The van der Waals surface area contributed by atoms with Gasteiger partial charge in [0.05, 0.1) is 12.1 Å². The molecule has 2 aromatic rings. The molecule has 5 heteroatoms. The smallest absolute Gasteiger partial charge is 0.254 e. The Kier molecular flexibility index (Phi) is 5.11. The molecule has 0 saturated carbocycles. The highest BCUT2D eigenvalue weighted by atomic mass is 16.5. The molecule has 1 aromatic heterocycles. The number of aliphatic hydroxyl groups excluding tert-OH is 1. The van der Waals surface area contributed by atoms with Gasteiger partial charge in [-0.2, -0.15) is 0 Å². The quantitative estimate of drug-likeness (QED) is 0.938. The van der Waals surface area contributed by atoms with E-state index in [0.29, 0.717) is 24.6 Å². The fourth-order valence-electron chi connectivity index (χ4n) is 2.93. The van der Waals surface area contributed by atoms with Crippen LogP contribution in [0.25, 0.3) is 0 Å². The first-order valence-electron chi connectivity index (χ1n) is 8.27. The molecule has 1 amide bonds. The molecule has 1 aliphatic heterocycles. The summed E-state index contributed by atoms with van der Waals surface area (Å²) in [5, 5.41) is 9.98. The number of likely N-dealkylation sites (tertiary alicyclic amines) is 1. The van der Waals surface area contributed by atoms with Crippen LogP contribution in [0.5, 0.6) is 5.88 Å². The zero-order valence-corrected chi connectivity index (χ0v) is 13.8. The summed E-state index contributed by atoms with van der Waals surface area (Å²) in [6, 6.07) is 13.0. The first kappa shape index (κ1) is 16.5. The monoisotopic (exact) mass is 326 g/mol. The molecule has 2 heterocycles. The van der Waals surface area contributed by atoms with E-state index < -0.39 is 6.10 Å². The fourth-order valence-corrected chi connectivity index (χ4v) is 2.93. The summed E-state index contributed by atoms with van der Waals surface area (Å²) < 4.78 is 5.69. The molecule has 0 aliphatic carbocycles. The van der Waals surface area contributed by atoms with Gasteiger partial charge in [-0.05, 0) is 31.4 Å². The van der Waals surface area contributed by atoms with Gasteiger partial charge in [0.15, 0.2) is 0 Å². The van der Waals surface area contributed by atoms with Gasteiger partial charge in [-0.25, -0.2) is 4.98 Å². The summed E-state index contributed by atoms with van der Waals surface area (Å²) >= 11 is 0. The van der Waals surface area contributed by atoms with Crippen molar-refractivity contribution < 1.29 is 14.6 Å². The van der Waals surface area contributed by atoms with Gasteiger partial charge in [0.25, 0.3) is 5.91 Å². The van der Waals surface area contributed by atoms with Crippen molar-refractivity contribution in [3.05, 3.63) is 59.8 Å². The molecule has 1 aliphatic rings. The van der Waals surface area contributed by atoms with E-state index in [4.69, 9.17) is 4.74 Å². The minimum atomic E-state index is -0.460. The van der Waals surface area contributed by atoms with Crippen LogP contribution in [-0.2, 0) is 6.61 Å². The zero-order valence-electron chi connectivity index (χ0n) is 13.8. The van der Waals surface area contributed by atoms with Crippen LogP contribution in [0.15, 0.2) is 48.7 Å². The number of amides is 1. The molecule has 5 nitrogen and oxygen atoms in total. The van der Waals surface area contributed by atoms with Gasteiger partial charge in [0, 0.05) is 24.4 Å². The summed E-state index contributed by atoms with van der Waals surface area (Å²) in [7, 11) is 0. The van der Waals surface area contributed by atoms with Gasteiger partial charge in [0.1, 0.15) is 6.61 Å². The molecule has 0 spiro atoms. The number of benzene rings is 1. The molecular formula is C19H22N2O3. The lowest BCUT2D eigenvalue weighted by Gasteiger charge is -2.37. The third-order valence-electron chi connectivity index (χ3n) is 4.42. The third-order valence-corrected chi connectivity index (χ3v) is 4.42. The van der Waals surface area contributed by atoms with Crippen LogP contribution in [0.2, 0.25) is 0 Å². The Bertz CT molecular complexity index is 690. The van der Waals surface area contributed by atoms with Gasteiger partial charge >= 0.3 is 0 Å². The lowest BCUT2D eigenvalue weighted by Crippen LogP contribution is -2.49. The van der Waals surface area contributed by atoms with Gasteiger partial charge in [0.2, 0.25) is 5.88 Å². The molecule has 0 radical (unpaired) electrons. The minimum Gasteiger partial charge on any atom is -0.473 e. The van der Waals surface area contributed by atoms with Crippen molar-refractivity contribution >= 4 is 5.91 Å². The highest BCUT2D eigenvalue weighted by Gasteiger charge is 2.30. The normalized spacial score (nSPS) is 20.7. The van der Waals surface area contributed by atoms with Crippen LogP contribution in [0.1, 0.15) is 35.7 Å². The summed E-state index contributed by atoms with van der Waals surface area (Å²) in [5.41, 5.74) is 1.58. The van der Waals surface area contributed by atoms with E-state index in [-0.39, 0.29) is 11.9 Å². The second-order valence-corrected chi connectivity index (χ2v) is 6.11. The summed E-state index contributed by atoms with van der Waals surface area (Å²) in [4.78, 5) is 18.6. The average molecular weight is 326 g/mol. The molecule has 24 heavy (non-hydrogen) atoms.